The SMILES string of the molecule is CC(C)C(C=O)N(N)/C=C(\N)c1cncs1.CNC(=O)C1CC(O)CN1C. The molecule has 0 aliphatic carbocycles. The minimum absolute atomic E-state index is 0.0101. The fourth-order valence-electron chi connectivity index (χ4n) is 2.69. The number of aliphatic hydroxyl groups is 1. The van der Waals surface area contributed by atoms with Crippen LogP contribution < -0.4 is 16.9 Å². The van der Waals surface area contributed by atoms with Crippen molar-refractivity contribution in [3.05, 3.63) is 22.8 Å². The van der Waals surface area contributed by atoms with Gasteiger partial charge in [0.25, 0.3) is 0 Å². The summed E-state index contributed by atoms with van der Waals surface area (Å²) in [4.78, 5) is 28.6. The first kappa shape index (κ1) is 23.0. The Labute approximate surface area is 164 Å². The van der Waals surface area contributed by atoms with Gasteiger partial charge < -0.3 is 26.0 Å². The molecule has 6 N–H and O–H groups in total. The van der Waals surface area contributed by atoms with E-state index in [-0.39, 0.29) is 30.0 Å². The number of aldehydes is 1. The fraction of sp³-hybridized carbons (Fsp3) is 0.588. The van der Waals surface area contributed by atoms with Crippen molar-refractivity contribution >= 4 is 29.2 Å². The maximum absolute atomic E-state index is 11.1. The van der Waals surface area contributed by atoms with Crippen molar-refractivity contribution in [2.45, 2.75) is 38.5 Å². The Morgan fingerprint density at radius 3 is 2.63 bits per heavy atom. The highest BCUT2D eigenvalue weighted by atomic mass is 32.1. The van der Waals surface area contributed by atoms with Crippen molar-refractivity contribution < 1.29 is 14.7 Å². The van der Waals surface area contributed by atoms with Gasteiger partial charge in [-0.1, -0.05) is 13.8 Å². The van der Waals surface area contributed by atoms with E-state index in [2.05, 4.69) is 10.3 Å². The molecule has 1 aromatic rings. The number of nitrogens with one attached hydrogen (secondary N) is 1. The number of amides is 1. The number of aliphatic hydroxyl groups excluding tert-OH is 1. The summed E-state index contributed by atoms with van der Waals surface area (Å²) in [5, 5.41) is 13.1. The molecule has 1 aliphatic rings. The van der Waals surface area contributed by atoms with Gasteiger partial charge in [-0.2, -0.15) is 0 Å². The maximum Gasteiger partial charge on any atom is 0.237 e. The number of β-amino-alcohol motifs (C(OH)–C–C–N with tert-alkyl or cyclic N) is 1. The highest BCUT2D eigenvalue weighted by Crippen LogP contribution is 2.16. The normalized spacial score (nSPS) is 21.4. The van der Waals surface area contributed by atoms with Gasteiger partial charge in [0.2, 0.25) is 5.91 Å². The molecule has 2 heterocycles. The highest BCUT2D eigenvalue weighted by Gasteiger charge is 2.32. The van der Waals surface area contributed by atoms with Crippen molar-refractivity contribution in [3.63, 3.8) is 0 Å². The van der Waals surface area contributed by atoms with Crippen LogP contribution in [0.5, 0.6) is 0 Å². The van der Waals surface area contributed by atoms with Crippen molar-refractivity contribution in [2.24, 2.45) is 17.5 Å². The minimum Gasteiger partial charge on any atom is -0.396 e. The van der Waals surface area contributed by atoms with E-state index in [0.717, 1.165) is 11.2 Å². The predicted octanol–water partition coefficient (Wildman–Crippen LogP) is -0.403. The molecule has 0 saturated carbocycles. The number of likely N-dealkylation sites (N-methyl/N-ethyl adjacent to an activating group) is 2. The molecule has 1 aliphatic heterocycles. The Balaban J connectivity index is 0.000000289. The summed E-state index contributed by atoms with van der Waals surface area (Å²) >= 11 is 1.43. The van der Waals surface area contributed by atoms with Crippen LogP contribution in [0.2, 0.25) is 0 Å². The van der Waals surface area contributed by atoms with Gasteiger partial charge in [0.1, 0.15) is 12.3 Å². The smallest absolute Gasteiger partial charge is 0.237 e. The third-order valence-corrected chi connectivity index (χ3v) is 5.07. The Hall–Kier alpha value is -2.01. The van der Waals surface area contributed by atoms with Gasteiger partial charge in [-0.3, -0.25) is 14.7 Å². The van der Waals surface area contributed by atoms with Crippen LogP contribution in [0.15, 0.2) is 17.9 Å². The molecule has 1 amide bonds. The topological polar surface area (TPSA) is 138 Å². The summed E-state index contributed by atoms with van der Waals surface area (Å²) in [6.07, 6.45) is 4.25. The van der Waals surface area contributed by atoms with Crippen LogP contribution in [-0.4, -0.2) is 71.0 Å². The Kier molecular flexibility index (Phi) is 9.36. The maximum atomic E-state index is 11.1. The second kappa shape index (κ2) is 11.0. The number of carbonyl (C=O) groups is 2. The number of carbonyl (C=O) groups excluding carboxylic acids is 2. The van der Waals surface area contributed by atoms with Crippen molar-refractivity contribution in [3.8, 4) is 0 Å². The lowest BCUT2D eigenvalue weighted by Gasteiger charge is -2.24. The van der Waals surface area contributed by atoms with Gasteiger partial charge in [-0.25, -0.2) is 5.84 Å². The molecule has 0 radical (unpaired) electrons. The van der Waals surface area contributed by atoms with Gasteiger partial charge >= 0.3 is 0 Å². The molecular formula is C17H30N6O3S. The average molecular weight is 399 g/mol. The molecule has 0 bridgehead atoms. The van der Waals surface area contributed by atoms with E-state index >= 15 is 0 Å². The molecule has 0 aromatic carbocycles. The third kappa shape index (κ3) is 6.90. The molecule has 1 saturated heterocycles. The van der Waals surface area contributed by atoms with Crippen LogP contribution >= 0.6 is 11.3 Å². The van der Waals surface area contributed by atoms with E-state index < -0.39 is 0 Å². The molecule has 3 unspecified atom stereocenters. The Morgan fingerprint density at radius 1 is 1.56 bits per heavy atom. The molecule has 152 valence electrons. The van der Waals surface area contributed by atoms with E-state index in [0.29, 0.717) is 18.7 Å². The first-order valence-corrected chi connectivity index (χ1v) is 9.53. The van der Waals surface area contributed by atoms with Gasteiger partial charge in [-0.05, 0) is 19.4 Å². The Bertz CT molecular complexity index is 622. The van der Waals surface area contributed by atoms with Crippen molar-refractivity contribution in [1.29, 1.82) is 0 Å². The summed E-state index contributed by atoms with van der Waals surface area (Å²) in [5.41, 5.74) is 8.03. The first-order valence-electron chi connectivity index (χ1n) is 8.65. The lowest BCUT2D eigenvalue weighted by atomic mass is 10.1. The lowest BCUT2D eigenvalue weighted by molar-refractivity contribution is -0.124. The number of hydrogen-bond donors (Lipinski definition) is 4. The van der Waals surface area contributed by atoms with Gasteiger partial charge in [0.15, 0.2) is 0 Å². The number of rotatable bonds is 6. The van der Waals surface area contributed by atoms with E-state index in [9.17, 15) is 14.7 Å². The molecule has 9 nitrogen and oxygen atoms in total. The predicted molar refractivity (Wildman–Crippen MR) is 106 cm³/mol. The van der Waals surface area contributed by atoms with Gasteiger partial charge in [0, 0.05) is 26.0 Å². The van der Waals surface area contributed by atoms with E-state index in [4.69, 9.17) is 11.6 Å². The number of likely N-dealkylation sites (tertiary alicyclic amines) is 1. The van der Waals surface area contributed by atoms with Crippen LogP contribution in [0.3, 0.4) is 0 Å². The van der Waals surface area contributed by atoms with Crippen LogP contribution in [0.1, 0.15) is 25.1 Å². The first-order chi connectivity index (χ1) is 12.7. The molecule has 1 fully saturated rings. The summed E-state index contributed by atoms with van der Waals surface area (Å²) in [6, 6.07) is -0.513. The zero-order valence-corrected chi connectivity index (χ0v) is 17.0. The molecule has 0 spiro atoms. The number of nitrogens with zero attached hydrogens (tertiary/aromatic N) is 3. The monoisotopic (exact) mass is 398 g/mol. The quantitative estimate of drug-likeness (QED) is 0.288. The van der Waals surface area contributed by atoms with Crippen LogP contribution in [0.25, 0.3) is 5.70 Å². The molecule has 2 rings (SSSR count). The summed E-state index contributed by atoms with van der Waals surface area (Å²) in [6.45, 7) is 4.45. The highest BCUT2D eigenvalue weighted by molar-refractivity contribution is 7.10. The van der Waals surface area contributed by atoms with Gasteiger partial charge in [-0.15, -0.1) is 11.3 Å². The van der Waals surface area contributed by atoms with Crippen molar-refractivity contribution in [2.75, 3.05) is 20.6 Å². The second-order valence-corrected chi connectivity index (χ2v) is 7.61. The lowest BCUT2D eigenvalue weighted by Crippen LogP contribution is -2.41. The van der Waals surface area contributed by atoms with Crippen LogP contribution in [-0.2, 0) is 9.59 Å². The van der Waals surface area contributed by atoms with Crippen LogP contribution in [0, 0.1) is 5.92 Å². The number of hydrogen-bond acceptors (Lipinski definition) is 9. The number of thiazole rings is 1. The Morgan fingerprint density at radius 2 is 2.22 bits per heavy atom. The number of aromatic nitrogens is 1. The van der Waals surface area contributed by atoms with E-state index in [1.807, 2.05) is 25.8 Å². The second-order valence-electron chi connectivity index (χ2n) is 6.73. The van der Waals surface area contributed by atoms with Crippen molar-refractivity contribution in [1.82, 2.24) is 20.2 Å². The molecule has 3 atom stereocenters. The zero-order chi connectivity index (χ0) is 20.6. The minimum atomic E-state index is -0.369. The number of hydrazine groups is 1. The largest absolute Gasteiger partial charge is 0.396 e. The summed E-state index contributed by atoms with van der Waals surface area (Å²) < 4.78 is 0. The molecule has 27 heavy (non-hydrogen) atoms. The van der Waals surface area contributed by atoms with E-state index in [1.54, 1.807) is 25.0 Å². The fourth-order valence-corrected chi connectivity index (χ4v) is 3.23. The van der Waals surface area contributed by atoms with Crippen LogP contribution in [0.4, 0.5) is 0 Å². The summed E-state index contributed by atoms with van der Waals surface area (Å²) in [7, 11) is 3.46. The standard InChI is InChI=1S/C10H16N4OS.C7H14N2O2/c1-7(2)9(5-15)14(12)4-8(11)10-3-13-6-16-10;1-8-7(11)6-3-5(10)4-9(6)2/h3-7,9H,11-12H2,1-2H3;5-6,10H,3-4H2,1-2H3,(H,8,11)/b8-4-;. The van der Waals surface area contributed by atoms with E-state index in [1.165, 1.54) is 16.3 Å². The third-order valence-electron chi connectivity index (χ3n) is 4.25. The molecule has 1 aromatic heterocycles. The molecular weight excluding hydrogens is 368 g/mol. The van der Waals surface area contributed by atoms with Gasteiger partial charge in [0.05, 0.1) is 28.2 Å². The zero-order valence-electron chi connectivity index (χ0n) is 16.2. The summed E-state index contributed by atoms with van der Waals surface area (Å²) in [5.74, 6) is 5.89. The molecule has 10 heteroatoms. The number of nitrogens with two attached hydrogens (primary N) is 2. The average Bonchev–Trinajstić information content (AvgIpc) is 3.24.